The van der Waals surface area contributed by atoms with Crippen LogP contribution in [0.1, 0.15) is 34.5 Å². The molecule has 24 heavy (non-hydrogen) atoms. The van der Waals surface area contributed by atoms with E-state index in [4.69, 9.17) is 4.74 Å². The van der Waals surface area contributed by atoms with Crippen molar-refractivity contribution in [2.75, 3.05) is 7.11 Å². The molecule has 0 unspecified atom stereocenters. The van der Waals surface area contributed by atoms with Crippen LogP contribution >= 0.6 is 0 Å². The van der Waals surface area contributed by atoms with Crippen molar-refractivity contribution in [1.29, 1.82) is 0 Å². The third-order valence-electron chi connectivity index (χ3n) is 4.52. The van der Waals surface area contributed by atoms with Crippen LogP contribution in [0.2, 0.25) is 0 Å². The van der Waals surface area contributed by atoms with E-state index in [0.717, 1.165) is 17.9 Å². The van der Waals surface area contributed by atoms with Gasteiger partial charge in [-0.3, -0.25) is 15.3 Å². The SMILES string of the molecule is COc1ccc2c(c1)C[C@@H](c1cccnc1)N[C@H]2c1ccccn1. The Bertz CT molecular complexity index is 821. The summed E-state index contributed by atoms with van der Waals surface area (Å²) in [6.45, 7) is 0. The zero-order chi connectivity index (χ0) is 16.4. The van der Waals surface area contributed by atoms with Crippen LogP contribution in [0.4, 0.5) is 0 Å². The number of aromatic nitrogens is 2. The van der Waals surface area contributed by atoms with Crippen molar-refractivity contribution < 1.29 is 4.74 Å². The molecular weight excluding hydrogens is 298 g/mol. The van der Waals surface area contributed by atoms with E-state index in [0.29, 0.717) is 0 Å². The molecule has 0 saturated heterocycles. The Balaban J connectivity index is 1.79. The average molecular weight is 317 g/mol. The Morgan fingerprint density at radius 1 is 1.08 bits per heavy atom. The van der Waals surface area contributed by atoms with E-state index in [1.54, 1.807) is 13.3 Å². The lowest BCUT2D eigenvalue weighted by atomic mass is 9.86. The Labute approximate surface area is 141 Å². The fourth-order valence-corrected chi connectivity index (χ4v) is 3.32. The van der Waals surface area contributed by atoms with Crippen molar-refractivity contribution in [3.8, 4) is 5.75 Å². The Morgan fingerprint density at radius 3 is 2.79 bits per heavy atom. The minimum atomic E-state index is 0.0612. The molecule has 0 fully saturated rings. The van der Waals surface area contributed by atoms with Crippen LogP contribution in [0.15, 0.2) is 67.1 Å². The van der Waals surface area contributed by atoms with Gasteiger partial charge in [0, 0.05) is 24.6 Å². The second-order valence-corrected chi connectivity index (χ2v) is 5.96. The van der Waals surface area contributed by atoms with Crippen molar-refractivity contribution >= 4 is 0 Å². The molecule has 1 aliphatic rings. The lowest BCUT2D eigenvalue weighted by Gasteiger charge is -2.33. The first-order chi connectivity index (χ1) is 11.8. The maximum atomic E-state index is 5.41. The summed E-state index contributed by atoms with van der Waals surface area (Å²) in [5.74, 6) is 0.889. The molecule has 2 aromatic heterocycles. The first kappa shape index (κ1) is 14.8. The Hall–Kier alpha value is -2.72. The summed E-state index contributed by atoms with van der Waals surface area (Å²) < 4.78 is 5.41. The normalized spacial score (nSPS) is 19.5. The molecule has 3 aromatic rings. The number of ether oxygens (including phenoxy) is 1. The van der Waals surface area contributed by atoms with Gasteiger partial charge in [-0.2, -0.15) is 0 Å². The van der Waals surface area contributed by atoms with E-state index in [2.05, 4.69) is 39.6 Å². The van der Waals surface area contributed by atoms with Gasteiger partial charge in [-0.15, -0.1) is 0 Å². The molecule has 3 heterocycles. The van der Waals surface area contributed by atoms with Gasteiger partial charge in [-0.1, -0.05) is 18.2 Å². The highest BCUT2D eigenvalue weighted by Gasteiger charge is 2.29. The number of methoxy groups -OCH3 is 1. The molecule has 1 aliphatic heterocycles. The summed E-state index contributed by atoms with van der Waals surface area (Å²) in [6, 6.07) is 16.7. The molecular formula is C20H19N3O. The van der Waals surface area contributed by atoms with Crippen LogP contribution in [-0.2, 0) is 6.42 Å². The summed E-state index contributed by atoms with van der Waals surface area (Å²) in [6.07, 6.45) is 6.48. The molecule has 0 bridgehead atoms. The van der Waals surface area contributed by atoms with Crippen molar-refractivity contribution in [2.24, 2.45) is 0 Å². The van der Waals surface area contributed by atoms with E-state index < -0.39 is 0 Å². The molecule has 0 amide bonds. The molecule has 2 atom stereocenters. The fourth-order valence-electron chi connectivity index (χ4n) is 3.32. The number of nitrogens with zero attached hydrogens (tertiary/aromatic N) is 2. The van der Waals surface area contributed by atoms with Crippen molar-refractivity contribution in [3.63, 3.8) is 0 Å². The first-order valence-electron chi connectivity index (χ1n) is 8.09. The number of nitrogens with one attached hydrogen (secondary N) is 1. The molecule has 0 aliphatic carbocycles. The van der Waals surface area contributed by atoms with Crippen molar-refractivity contribution in [2.45, 2.75) is 18.5 Å². The van der Waals surface area contributed by atoms with Crippen LogP contribution in [-0.4, -0.2) is 17.1 Å². The van der Waals surface area contributed by atoms with E-state index >= 15 is 0 Å². The van der Waals surface area contributed by atoms with E-state index in [-0.39, 0.29) is 12.1 Å². The second kappa shape index (κ2) is 6.42. The van der Waals surface area contributed by atoms with Gasteiger partial charge in [0.25, 0.3) is 0 Å². The van der Waals surface area contributed by atoms with Gasteiger partial charge in [0.05, 0.1) is 18.8 Å². The maximum absolute atomic E-state index is 5.41. The average Bonchev–Trinajstić information content (AvgIpc) is 2.68. The van der Waals surface area contributed by atoms with Gasteiger partial charge in [0.2, 0.25) is 0 Å². The number of hydrogen-bond acceptors (Lipinski definition) is 4. The minimum Gasteiger partial charge on any atom is -0.497 e. The summed E-state index contributed by atoms with van der Waals surface area (Å²) in [5.41, 5.74) is 4.76. The molecule has 1 aromatic carbocycles. The van der Waals surface area contributed by atoms with E-state index in [9.17, 15) is 0 Å². The van der Waals surface area contributed by atoms with Crippen molar-refractivity contribution in [1.82, 2.24) is 15.3 Å². The van der Waals surface area contributed by atoms with Gasteiger partial charge in [0.15, 0.2) is 0 Å². The van der Waals surface area contributed by atoms with Crippen molar-refractivity contribution in [3.05, 3.63) is 89.5 Å². The quantitative estimate of drug-likeness (QED) is 0.803. The summed E-state index contributed by atoms with van der Waals surface area (Å²) in [4.78, 5) is 8.83. The van der Waals surface area contributed by atoms with Gasteiger partial charge in [-0.25, -0.2) is 0 Å². The fraction of sp³-hybridized carbons (Fsp3) is 0.200. The Kier molecular flexibility index (Phi) is 3.97. The number of pyridine rings is 2. The number of rotatable bonds is 3. The van der Waals surface area contributed by atoms with Crippen LogP contribution in [0, 0.1) is 0 Å². The molecule has 0 saturated carbocycles. The lowest BCUT2D eigenvalue weighted by Crippen LogP contribution is -2.34. The summed E-state index contributed by atoms with van der Waals surface area (Å²) >= 11 is 0. The maximum Gasteiger partial charge on any atom is 0.119 e. The zero-order valence-electron chi connectivity index (χ0n) is 13.5. The third kappa shape index (κ3) is 2.76. The monoisotopic (exact) mass is 317 g/mol. The predicted molar refractivity (Wildman–Crippen MR) is 92.9 cm³/mol. The largest absolute Gasteiger partial charge is 0.497 e. The topological polar surface area (TPSA) is 47.0 Å². The lowest BCUT2D eigenvalue weighted by molar-refractivity contribution is 0.408. The molecule has 1 N–H and O–H groups in total. The molecule has 0 spiro atoms. The predicted octanol–water partition coefficient (Wildman–Crippen LogP) is 3.46. The van der Waals surface area contributed by atoms with Gasteiger partial charge in [0.1, 0.15) is 5.75 Å². The third-order valence-corrected chi connectivity index (χ3v) is 4.52. The molecule has 120 valence electrons. The van der Waals surface area contributed by atoms with Gasteiger partial charge < -0.3 is 4.74 Å². The highest BCUT2D eigenvalue weighted by Crippen LogP contribution is 2.36. The summed E-state index contributed by atoms with van der Waals surface area (Å²) in [5, 5.41) is 3.74. The molecule has 4 heteroatoms. The molecule has 0 radical (unpaired) electrons. The van der Waals surface area contributed by atoms with Crippen LogP contribution in [0.5, 0.6) is 5.75 Å². The second-order valence-electron chi connectivity index (χ2n) is 5.96. The number of fused-ring (bicyclic) bond motifs is 1. The van der Waals surface area contributed by atoms with Gasteiger partial charge >= 0.3 is 0 Å². The Morgan fingerprint density at radius 2 is 2.04 bits per heavy atom. The minimum absolute atomic E-state index is 0.0612. The first-order valence-corrected chi connectivity index (χ1v) is 8.09. The van der Waals surface area contributed by atoms with Gasteiger partial charge in [-0.05, 0) is 53.4 Å². The highest BCUT2D eigenvalue weighted by molar-refractivity contribution is 5.44. The van der Waals surface area contributed by atoms with E-state index in [1.807, 2.05) is 36.7 Å². The van der Waals surface area contributed by atoms with E-state index in [1.165, 1.54) is 16.7 Å². The molecule has 4 rings (SSSR count). The number of hydrogen-bond donors (Lipinski definition) is 1. The smallest absolute Gasteiger partial charge is 0.119 e. The zero-order valence-corrected chi connectivity index (χ0v) is 13.5. The van der Waals surface area contributed by atoms with Crippen LogP contribution in [0.25, 0.3) is 0 Å². The van der Waals surface area contributed by atoms with Crippen LogP contribution < -0.4 is 10.1 Å². The number of benzene rings is 1. The summed E-state index contributed by atoms with van der Waals surface area (Å²) in [7, 11) is 1.71. The highest BCUT2D eigenvalue weighted by atomic mass is 16.5. The molecule has 4 nitrogen and oxygen atoms in total. The van der Waals surface area contributed by atoms with Crippen LogP contribution in [0.3, 0.4) is 0 Å². The standard InChI is InChI=1S/C20H19N3O/c1-24-16-7-8-17-15(11-16)12-19(14-5-4-9-21-13-14)23-20(17)18-6-2-3-10-22-18/h2-11,13,19-20,23H,12H2,1H3/t19-,20+/m0/s1.